The largest absolute Gasteiger partial charge is 0.365 e. The van der Waals surface area contributed by atoms with Crippen LogP contribution in [-0.2, 0) is 14.6 Å². The van der Waals surface area contributed by atoms with Gasteiger partial charge in [0.1, 0.15) is 0 Å². The molecule has 2 aliphatic heterocycles. The zero-order valence-corrected chi connectivity index (χ0v) is 19.5. The third-order valence-corrected chi connectivity index (χ3v) is 8.20. The highest BCUT2D eigenvalue weighted by Crippen LogP contribution is 2.31. The molecule has 1 aromatic heterocycles. The van der Waals surface area contributed by atoms with Crippen LogP contribution < -0.4 is 4.90 Å². The highest BCUT2D eigenvalue weighted by molar-refractivity contribution is 7.91. The maximum Gasteiger partial charge on any atom is 0.223 e. The Balaban J connectivity index is 1.34. The number of hydrogen-bond acceptors (Lipinski definition) is 6. The van der Waals surface area contributed by atoms with Crippen molar-refractivity contribution in [2.75, 3.05) is 42.6 Å². The summed E-state index contributed by atoms with van der Waals surface area (Å²) in [6.45, 7) is 6.52. The van der Waals surface area contributed by atoms with Crippen LogP contribution >= 0.6 is 0 Å². The van der Waals surface area contributed by atoms with E-state index in [1.807, 2.05) is 41.6 Å². The molecule has 0 radical (unpaired) electrons. The summed E-state index contributed by atoms with van der Waals surface area (Å²) in [5.74, 6) is 0.372. The second kappa shape index (κ2) is 9.05. The summed E-state index contributed by atoms with van der Waals surface area (Å²) < 4.78 is 25.6. The molecule has 0 N–H and O–H groups in total. The molecular weight excluding hydrogens is 428 g/mol. The number of sulfone groups is 1. The van der Waals surface area contributed by atoms with Gasteiger partial charge in [0.05, 0.1) is 34.6 Å². The van der Waals surface area contributed by atoms with E-state index in [1.165, 1.54) is 0 Å². The van der Waals surface area contributed by atoms with Crippen molar-refractivity contribution >= 4 is 27.2 Å². The van der Waals surface area contributed by atoms with Gasteiger partial charge in [-0.3, -0.25) is 14.3 Å². The number of hydrogen-bond donors (Lipinski definition) is 0. The van der Waals surface area contributed by atoms with Crippen molar-refractivity contribution in [1.82, 2.24) is 14.7 Å². The van der Waals surface area contributed by atoms with Crippen molar-refractivity contribution in [1.29, 1.82) is 0 Å². The number of rotatable bonds is 6. The molecule has 0 bridgehead atoms. The van der Waals surface area contributed by atoms with Crippen LogP contribution in [0.1, 0.15) is 47.1 Å². The Morgan fingerprint density at radius 2 is 1.72 bits per heavy atom. The minimum absolute atomic E-state index is 0.00855. The molecule has 2 saturated heterocycles. The monoisotopic (exact) mass is 458 g/mol. The second-order valence-corrected chi connectivity index (χ2v) is 10.9. The van der Waals surface area contributed by atoms with Crippen molar-refractivity contribution in [2.45, 2.75) is 39.2 Å². The van der Waals surface area contributed by atoms with Gasteiger partial charge in [-0.25, -0.2) is 8.42 Å². The number of anilines is 1. The van der Waals surface area contributed by atoms with E-state index in [9.17, 15) is 18.0 Å². The number of piperazine rings is 1. The topological polar surface area (TPSA) is 92.6 Å². The van der Waals surface area contributed by atoms with Crippen LogP contribution in [0.25, 0.3) is 0 Å². The molecule has 0 spiro atoms. The Labute approximate surface area is 189 Å². The summed E-state index contributed by atoms with van der Waals surface area (Å²) in [6, 6.07) is 8.97. The summed E-state index contributed by atoms with van der Waals surface area (Å²) in [7, 11) is -2.98. The smallest absolute Gasteiger partial charge is 0.223 e. The third kappa shape index (κ3) is 4.72. The van der Waals surface area contributed by atoms with Crippen molar-refractivity contribution in [2.24, 2.45) is 0 Å². The third-order valence-electron chi connectivity index (χ3n) is 6.45. The van der Waals surface area contributed by atoms with Gasteiger partial charge in [0.15, 0.2) is 15.6 Å². The number of aryl methyl sites for hydroxylation is 1. The van der Waals surface area contributed by atoms with Crippen LogP contribution in [0.2, 0.25) is 0 Å². The molecule has 1 atom stereocenters. The number of aromatic nitrogens is 2. The molecule has 0 saturated carbocycles. The summed E-state index contributed by atoms with van der Waals surface area (Å²) in [5.41, 5.74) is 3.56. The van der Waals surface area contributed by atoms with Gasteiger partial charge in [-0.1, -0.05) is 30.3 Å². The van der Waals surface area contributed by atoms with Gasteiger partial charge in [0, 0.05) is 44.6 Å². The molecule has 1 unspecified atom stereocenters. The van der Waals surface area contributed by atoms with Gasteiger partial charge in [0.25, 0.3) is 0 Å². The Morgan fingerprint density at radius 1 is 1.03 bits per heavy atom. The van der Waals surface area contributed by atoms with Gasteiger partial charge >= 0.3 is 0 Å². The van der Waals surface area contributed by atoms with E-state index in [2.05, 4.69) is 10.00 Å². The van der Waals surface area contributed by atoms with E-state index in [1.54, 1.807) is 12.1 Å². The summed E-state index contributed by atoms with van der Waals surface area (Å²) in [4.78, 5) is 29.0. The highest BCUT2D eigenvalue weighted by Gasteiger charge is 2.33. The lowest BCUT2D eigenvalue weighted by molar-refractivity contribution is -0.131. The normalized spacial score (nSPS) is 20.5. The second-order valence-electron chi connectivity index (χ2n) is 8.68. The number of benzene rings is 1. The molecule has 2 aliphatic rings. The van der Waals surface area contributed by atoms with E-state index in [0.717, 1.165) is 17.1 Å². The zero-order chi connectivity index (χ0) is 22.9. The first kappa shape index (κ1) is 22.5. The van der Waals surface area contributed by atoms with Crippen molar-refractivity contribution in [3.05, 3.63) is 47.3 Å². The summed E-state index contributed by atoms with van der Waals surface area (Å²) >= 11 is 0. The van der Waals surface area contributed by atoms with Crippen LogP contribution in [0.15, 0.2) is 30.3 Å². The van der Waals surface area contributed by atoms with Crippen molar-refractivity contribution in [3.8, 4) is 0 Å². The minimum atomic E-state index is -2.98. The fourth-order valence-corrected chi connectivity index (χ4v) is 6.45. The van der Waals surface area contributed by atoms with Crippen LogP contribution in [0.3, 0.4) is 0 Å². The van der Waals surface area contributed by atoms with Gasteiger partial charge in [0.2, 0.25) is 5.91 Å². The number of carbonyl (C=O) groups is 2. The molecular formula is C23H30N4O4S. The number of Topliss-reactive ketones (excluding diaryl/α,β-unsaturated/α-hetero) is 1. The molecule has 9 heteroatoms. The Bertz CT molecular complexity index is 1100. The lowest BCUT2D eigenvalue weighted by Crippen LogP contribution is -2.49. The van der Waals surface area contributed by atoms with E-state index in [4.69, 9.17) is 0 Å². The highest BCUT2D eigenvalue weighted by atomic mass is 32.2. The first-order chi connectivity index (χ1) is 15.2. The molecule has 2 aromatic rings. The molecule has 1 amide bonds. The molecule has 2 fully saturated rings. The van der Waals surface area contributed by atoms with Crippen LogP contribution in [0, 0.1) is 13.8 Å². The minimum Gasteiger partial charge on any atom is -0.365 e. The average molecular weight is 459 g/mol. The molecule has 172 valence electrons. The van der Waals surface area contributed by atoms with Gasteiger partial charge in [-0.05, 0) is 20.3 Å². The Hall–Kier alpha value is -2.68. The predicted octanol–water partition coefficient (Wildman–Crippen LogP) is 2.17. The van der Waals surface area contributed by atoms with E-state index in [-0.39, 0.29) is 42.1 Å². The van der Waals surface area contributed by atoms with Crippen LogP contribution in [-0.4, -0.2) is 72.5 Å². The first-order valence-electron chi connectivity index (χ1n) is 11.1. The molecule has 0 aliphatic carbocycles. The Kier molecular flexibility index (Phi) is 6.37. The predicted molar refractivity (Wildman–Crippen MR) is 123 cm³/mol. The number of nitrogens with zero attached hydrogens (tertiary/aromatic N) is 4. The molecule has 3 heterocycles. The number of amides is 1. The van der Waals surface area contributed by atoms with Crippen LogP contribution in [0.4, 0.5) is 5.69 Å². The molecule has 4 rings (SSSR count). The maximum absolute atomic E-state index is 12.6. The van der Waals surface area contributed by atoms with Gasteiger partial charge < -0.3 is 9.80 Å². The SMILES string of the molecule is Cc1nn(C2CCS(=O)(=O)C2)c(C)c1N1CCN(C(=O)CCC(=O)c2ccccc2)CC1. The van der Waals surface area contributed by atoms with E-state index in [0.29, 0.717) is 38.2 Å². The summed E-state index contributed by atoms with van der Waals surface area (Å²) in [5, 5.41) is 4.66. The standard InChI is InChI=1S/C23H30N4O4S/c1-17-23(18(2)27(24-17)20-10-15-32(30,31)16-20)26-13-11-25(12-14-26)22(29)9-8-21(28)19-6-4-3-5-7-19/h3-7,20H,8-16H2,1-2H3. The molecule has 1 aromatic carbocycles. The summed E-state index contributed by atoms with van der Waals surface area (Å²) in [6.07, 6.45) is 1.05. The van der Waals surface area contributed by atoms with Crippen LogP contribution in [0.5, 0.6) is 0 Å². The lowest BCUT2D eigenvalue weighted by Gasteiger charge is -2.36. The van der Waals surface area contributed by atoms with E-state index >= 15 is 0 Å². The quantitative estimate of drug-likeness (QED) is 0.616. The zero-order valence-electron chi connectivity index (χ0n) is 18.7. The van der Waals surface area contributed by atoms with E-state index < -0.39 is 9.84 Å². The fourth-order valence-electron chi connectivity index (χ4n) is 4.76. The first-order valence-corrected chi connectivity index (χ1v) is 12.9. The van der Waals surface area contributed by atoms with Crippen molar-refractivity contribution in [3.63, 3.8) is 0 Å². The van der Waals surface area contributed by atoms with Crippen molar-refractivity contribution < 1.29 is 18.0 Å². The molecule has 32 heavy (non-hydrogen) atoms. The van der Waals surface area contributed by atoms with Gasteiger partial charge in [-0.15, -0.1) is 0 Å². The lowest BCUT2D eigenvalue weighted by atomic mass is 10.1. The molecule has 8 nitrogen and oxygen atoms in total. The average Bonchev–Trinajstić information content (AvgIpc) is 3.30. The number of carbonyl (C=O) groups excluding carboxylic acids is 2. The Morgan fingerprint density at radius 3 is 2.34 bits per heavy atom. The fraction of sp³-hybridized carbons (Fsp3) is 0.522. The maximum atomic E-state index is 12.6. The number of ketones is 1. The van der Waals surface area contributed by atoms with Gasteiger partial charge in [-0.2, -0.15) is 5.10 Å².